The summed E-state index contributed by atoms with van der Waals surface area (Å²) >= 11 is 0. The van der Waals surface area contributed by atoms with Crippen LogP contribution in [0.2, 0.25) is 0 Å². The van der Waals surface area contributed by atoms with Gasteiger partial charge in [-0.25, -0.2) is 9.18 Å². The van der Waals surface area contributed by atoms with Crippen LogP contribution >= 0.6 is 0 Å². The summed E-state index contributed by atoms with van der Waals surface area (Å²) in [6, 6.07) is 2.48. The third-order valence-corrected chi connectivity index (χ3v) is 2.99. The van der Waals surface area contributed by atoms with Gasteiger partial charge in [0.05, 0.1) is 16.7 Å². The molecule has 0 aromatic heterocycles. The molecule has 1 aliphatic heterocycles. The minimum absolute atomic E-state index is 0.102. The Morgan fingerprint density at radius 2 is 2.28 bits per heavy atom. The number of aliphatic carboxylic acids is 1. The van der Waals surface area contributed by atoms with E-state index in [2.05, 4.69) is 0 Å². The lowest BCUT2D eigenvalue weighted by atomic mass is 10.2. The van der Waals surface area contributed by atoms with Crippen molar-refractivity contribution in [3.05, 3.63) is 34.1 Å². The van der Waals surface area contributed by atoms with Crippen LogP contribution in [0.1, 0.15) is 12.8 Å². The van der Waals surface area contributed by atoms with Gasteiger partial charge < -0.3 is 10.0 Å². The quantitative estimate of drug-likeness (QED) is 0.656. The van der Waals surface area contributed by atoms with Crippen LogP contribution in [-0.4, -0.2) is 28.6 Å². The Kier molecular flexibility index (Phi) is 3.14. The van der Waals surface area contributed by atoms with Crippen LogP contribution in [-0.2, 0) is 4.79 Å². The van der Waals surface area contributed by atoms with Crippen LogP contribution in [0, 0.1) is 15.9 Å². The number of carboxylic acid groups (broad SMARTS) is 1. The number of anilines is 1. The van der Waals surface area contributed by atoms with Crippen LogP contribution in [0.5, 0.6) is 0 Å². The van der Waals surface area contributed by atoms with Crippen molar-refractivity contribution >= 4 is 17.3 Å². The van der Waals surface area contributed by atoms with E-state index in [1.807, 2.05) is 0 Å². The Balaban J connectivity index is 2.33. The molecule has 1 aliphatic rings. The molecule has 1 aromatic rings. The van der Waals surface area contributed by atoms with Crippen molar-refractivity contribution in [2.75, 3.05) is 11.4 Å². The number of carboxylic acids is 1. The first kappa shape index (κ1) is 12.3. The Morgan fingerprint density at radius 1 is 1.56 bits per heavy atom. The van der Waals surface area contributed by atoms with Crippen LogP contribution in [0.25, 0.3) is 0 Å². The molecule has 0 saturated carbocycles. The number of benzene rings is 1. The molecule has 7 heteroatoms. The normalized spacial score (nSPS) is 18.9. The van der Waals surface area contributed by atoms with Gasteiger partial charge in [-0.1, -0.05) is 0 Å². The molecule has 0 spiro atoms. The summed E-state index contributed by atoms with van der Waals surface area (Å²) in [7, 11) is 0. The monoisotopic (exact) mass is 254 g/mol. The zero-order chi connectivity index (χ0) is 13.3. The highest BCUT2D eigenvalue weighted by Gasteiger charge is 2.32. The van der Waals surface area contributed by atoms with E-state index < -0.39 is 22.8 Å². The summed E-state index contributed by atoms with van der Waals surface area (Å²) in [6.45, 7) is 0.436. The Labute approximate surface area is 102 Å². The first-order valence-corrected chi connectivity index (χ1v) is 5.44. The zero-order valence-corrected chi connectivity index (χ0v) is 9.38. The highest BCUT2D eigenvalue weighted by molar-refractivity contribution is 5.79. The van der Waals surface area contributed by atoms with Gasteiger partial charge in [-0.2, -0.15) is 0 Å². The minimum Gasteiger partial charge on any atom is -0.480 e. The molecule has 1 heterocycles. The first-order valence-electron chi connectivity index (χ1n) is 5.44. The van der Waals surface area contributed by atoms with E-state index in [4.69, 9.17) is 5.11 Å². The minimum atomic E-state index is -1.01. The maximum absolute atomic E-state index is 13.8. The van der Waals surface area contributed by atoms with Crippen LogP contribution in [0.4, 0.5) is 15.8 Å². The molecule has 0 amide bonds. The number of rotatable bonds is 3. The van der Waals surface area contributed by atoms with Crippen LogP contribution in [0.3, 0.4) is 0 Å². The lowest BCUT2D eigenvalue weighted by Gasteiger charge is -2.23. The highest BCUT2D eigenvalue weighted by atomic mass is 19.1. The zero-order valence-electron chi connectivity index (χ0n) is 9.38. The Hall–Kier alpha value is -2.18. The molecule has 96 valence electrons. The third-order valence-electron chi connectivity index (χ3n) is 2.99. The number of nitro benzene ring substituents is 1. The van der Waals surface area contributed by atoms with Gasteiger partial charge in [0.15, 0.2) is 5.82 Å². The molecule has 0 bridgehead atoms. The molecular weight excluding hydrogens is 243 g/mol. The lowest BCUT2D eigenvalue weighted by molar-refractivity contribution is -0.385. The lowest BCUT2D eigenvalue weighted by Crippen LogP contribution is -2.36. The molecule has 1 saturated heterocycles. The summed E-state index contributed by atoms with van der Waals surface area (Å²) in [5.41, 5.74) is -0.243. The summed E-state index contributed by atoms with van der Waals surface area (Å²) in [5, 5.41) is 19.5. The molecule has 6 nitrogen and oxygen atoms in total. The van der Waals surface area contributed by atoms with E-state index in [1.54, 1.807) is 0 Å². The maximum atomic E-state index is 13.8. The van der Waals surface area contributed by atoms with Crippen LogP contribution in [0.15, 0.2) is 18.2 Å². The van der Waals surface area contributed by atoms with Crippen molar-refractivity contribution in [1.82, 2.24) is 0 Å². The fraction of sp³-hybridized carbons (Fsp3) is 0.364. The van der Waals surface area contributed by atoms with Gasteiger partial charge in [-0.05, 0) is 18.9 Å². The first-order chi connectivity index (χ1) is 8.50. The molecule has 1 fully saturated rings. The number of hydrogen-bond donors (Lipinski definition) is 1. The second-order valence-electron chi connectivity index (χ2n) is 4.08. The molecule has 2 rings (SSSR count). The fourth-order valence-corrected chi connectivity index (χ4v) is 2.15. The number of nitrogens with zero attached hydrogens (tertiary/aromatic N) is 2. The second kappa shape index (κ2) is 4.59. The Bertz CT molecular complexity index is 506. The predicted molar refractivity (Wildman–Crippen MR) is 61.1 cm³/mol. The van der Waals surface area contributed by atoms with Gasteiger partial charge in [0.2, 0.25) is 0 Å². The van der Waals surface area contributed by atoms with Gasteiger partial charge in [0.25, 0.3) is 5.69 Å². The number of nitro groups is 1. The molecule has 1 aromatic carbocycles. The molecule has 0 aliphatic carbocycles. The average Bonchev–Trinajstić information content (AvgIpc) is 2.77. The predicted octanol–water partition coefficient (Wildman–Crippen LogP) is 1.79. The van der Waals surface area contributed by atoms with E-state index >= 15 is 0 Å². The van der Waals surface area contributed by atoms with Gasteiger partial charge >= 0.3 is 5.97 Å². The topological polar surface area (TPSA) is 83.7 Å². The smallest absolute Gasteiger partial charge is 0.326 e. The molecule has 1 unspecified atom stereocenters. The number of halogens is 1. The third kappa shape index (κ3) is 2.11. The van der Waals surface area contributed by atoms with Gasteiger partial charge in [0, 0.05) is 12.6 Å². The van der Waals surface area contributed by atoms with E-state index in [0.29, 0.717) is 19.4 Å². The molecule has 1 N–H and O–H groups in total. The standard InChI is InChI=1S/C11H11FN2O4/c12-8-6-7(14(17)18)3-4-9(8)13-5-1-2-10(13)11(15)16/h3-4,6,10H,1-2,5H2,(H,15,16). The molecule has 18 heavy (non-hydrogen) atoms. The van der Waals surface area contributed by atoms with Crippen molar-refractivity contribution in [3.8, 4) is 0 Å². The Morgan fingerprint density at radius 3 is 2.83 bits per heavy atom. The second-order valence-corrected chi connectivity index (χ2v) is 4.08. The van der Waals surface area contributed by atoms with E-state index in [9.17, 15) is 19.3 Å². The summed E-state index contributed by atoms with van der Waals surface area (Å²) in [6.07, 6.45) is 1.11. The van der Waals surface area contributed by atoms with Crippen molar-refractivity contribution in [2.45, 2.75) is 18.9 Å². The van der Waals surface area contributed by atoms with Crippen molar-refractivity contribution in [2.24, 2.45) is 0 Å². The summed E-state index contributed by atoms with van der Waals surface area (Å²) < 4.78 is 13.8. The fourth-order valence-electron chi connectivity index (χ4n) is 2.15. The molecule has 0 radical (unpaired) electrons. The summed E-state index contributed by atoms with van der Waals surface area (Å²) in [4.78, 5) is 22.2. The van der Waals surface area contributed by atoms with E-state index in [0.717, 1.165) is 6.07 Å². The summed E-state index contributed by atoms with van der Waals surface area (Å²) in [5.74, 6) is -1.78. The van der Waals surface area contributed by atoms with E-state index in [-0.39, 0.29) is 11.4 Å². The van der Waals surface area contributed by atoms with Gasteiger partial charge in [0.1, 0.15) is 6.04 Å². The van der Waals surface area contributed by atoms with E-state index in [1.165, 1.54) is 17.0 Å². The number of carbonyl (C=O) groups is 1. The van der Waals surface area contributed by atoms with Crippen molar-refractivity contribution in [3.63, 3.8) is 0 Å². The van der Waals surface area contributed by atoms with Crippen molar-refractivity contribution in [1.29, 1.82) is 0 Å². The molecule has 1 atom stereocenters. The number of hydrogen-bond acceptors (Lipinski definition) is 4. The van der Waals surface area contributed by atoms with Crippen molar-refractivity contribution < 1.29 is 19.2 Å². The highest BCUT2D eigenvalue weighted by Crippen LogP contribution is 2.30. The molecular formula is C11H11FN2O4. The van der Waals surface area contributed by atoms with Gasteiger partial charge in [-0.15, -0.1) is 0 Å². The van der Waals surface area contributed by atoms with Crippen LogP contribution < -0.4 is 4.90 Å². The SMILES string of the molecule is O=C(O)C1CCCN1c1ccc([N+](=O)[O-])cc1F. The average molecular weight is 254 g/mol. The number of non-ortho nitro benzene ring substituents is 1. The largest absolute Gasteiger partial charge is 0.480 e. The maximum Gasteiger partial charge on any atom is 0.326 e. The van der Waals surface area contributed by atoms with Gasteiger partial charge in [-0.3, -0.25) is 10.1 Å².